The molecule has 0 radical (unpaired) electrons. The highest BCUT2D eigenvalue weighted by Gasteiger charge is 2.16. The Kier molecular flexibility index (Phi) is 7.54. The topological polar surface area (TPSA) is 85.6 Å². The standard InChI is InChI=1S/C24H28N4O3/c1-4-6-15-28-24(30)21-10-8-7-9-20(21)22(27-28)23(29)26-25-17(3)18-11-13-19(14-12-18)31-16-5-2/h7-14H,4-6,15-16H2,1-3H3,(H,26,29)/b25-17+. The minimum Gasteiger partial charge on any atom is -0.494 e. The summed E-state index contributed by atoms with van der Waals surface area (Å²) in [5.41, 5.74) is 4.10. The predicted octanol–water partition coefficient (Wildman–Crippen LogP) is 4.14. The Bertz CT molecular complexity index is 1130. The molecule has 3 aromatic rings. The first kappa shape index (κ1) is 22.2. The zero-order valence-corrected chi connectivity index (χ0v) is 18.2. The number of unbranched alkanes of at least 4 members (excludes halogenated alkanes) is 1. The Balaban J connectivity index is 1.84. The monoisotopic (exact) mass is 420 g/mol. The SMILES string of the molecule is CCCCn1nc(C(=O)N/N=C(\C)c2ccc(OCCC)cc2)c2ccccc2c1=O. The van der Waals surface area contributed by atoms with Crippen LogP contribution in [-0.2, 0) is 6.54 Å². The molecule has 1 heterocycles. The van der Waals surface area contributed by atoms with E-state index < -0.39 is 5.91 Å². The molecular formula is C24H28N4O3. The third kappa shape index (κ3) is 5.36. The minimum absolute atomic E-state index is 0.186. The summed E-state index contributed by atoms with van der Waals surface area (Å²) in [5, 5.41) is 9.56. The summed E-state index contributed by atoms with van der Waals surface area (Å²) in [6.45, 7) is 7.05. The molecule has 162 valence electrons. The molecule has 0 aliphatic heterocycles. The fourth-order valence-corrected chi connectivity index (χ4v) is 3.13. The van der Waals surface area contributed by atoms with Gasteiger partial charge in [-0.3, -0.25) is 9.59 Å². The van der Waals surface area contributed by atoms with E-state index in [2.05, 4.69) is 22.5 Å². The van der Waals surface area contributed by atoms with E-state index in [1.54, 1.807) is 24.3 Å². The third-order valence-corrected chi connectivity index (χ3v) is 4.88. The van der Waals surface area contributed by atoms with Gasteiger partial charge in [0, 0.05) is 11.9 Å². The lowest BCUT2D eigenvalue weighted by atomic mass is 10.1. The average molecular weight is 421 g/mol. The van der Waals surface area contributed by atoms with Crippen LogP contribution in [0.25, 0.3) is 10.8 Å². The number of hydrogen-bond donors (Lipinski definition) is 1. The van der Waals surface area contributed by atoms with E-state index in [9.17, 15) is 9.59 Å². The molecule has 1 aromatic heterocycles. The van der Waals surface area contributed by atoms with Crippen molar-refractivity contribution in [3.05, 3.63) is 70.1 Å². The van der Waals surface area contributed by atoms with E-state index in [-0.39, 0.29) is 11.3 Å². The number of hydrazone groups is 1. The Hall–Kier alpha value is -3.48. The molecule has 1 amide bonds. The van der Waals surface area contributed by atoms with Crippen LogP contribution >= 0.6 is 0 Å². The lowest BCUT2D eigenvalue weighted by Crippen LogP contribution is -2.29. The Morgan fingerprint density at radius 2 is 1.77 bits per heavy atom. The second kappa shape index (κ2) is 10.5. The fourth-order valence-electron chi connectivity index (χ4n) is 3.13. The number of aromatic nitrogens is 2. The normalized spacial score (nSPS) is 11.5. The van der Waals surface area contributed by atoms with Crippen LogP contribution in [0.1, 0.15) is 56.1 Å². The van der Waals surface area contributed by atoms with Crippen LogP contribution in [0.2, 0.25) is 0 Å². The summed E-state index contributed by atoms with van der Waals surface area (Å²) in [4.78, 5) is 25.6. The second-order valence-electron chi connectivity index (χ2n) is 7.29. The highest BCUT2D eigenvalue weighted by atomic mass is 16.5. The number of rotatable bonds is 9. The van der Waals surface area contributed by atoms with E-state index in [0.29, 0.717) is 29.6 Å². The smallest absolute Gasteiger partial charge is 0.292 e. The van der Waals surface area contributed by atoms with Crippen LogP contribution in [0, 0.1) is 0 Å². The molecule has 2 aromatic carbocycles. The third-order valence-electron chi connectivity index (χ3n) is 4.88. The van der Waals surface area contributed by atoms with Gasteiger partial charge in [0.15, 0.2) is 5.69 Å². The lowest BCUT2D eigenvalue weighted by Gasteiger charge is -2.10. The first-order valence-electron chi connectivity index (χ1n) is 10.6. The Labute approximate surface area is 181 Å². The van der Waals surface area contributed by atoms with Crippen molar-refractivity contribution in [2.45, 2.75) is 46.6 Å². The van der Waals surface area contributed by atoms with Crippen LogP contribution in [-0.4, -0.2) is 28.0 Å². The maximum Gasteiger partial charge on any atom is 0.292 e. The quantitative estimate of drug-likeness (QED) is 0.416. The van der Waals surface area contributed by atoms with Crippen LogP contribution in [0.15, 0.2) is 58.4 Å². The van der Waals surface area contributed by atoms with Gasteiger partial charge < -0.3 is 4.74 Å². The number of ether oxygens (including phenoxy) is 1. The minimum atomic E-state index is -0.455. The second-order valence-corrected chi connectivity index (χ2v) is 7.29. The molecule has 0 aliphatic carbocycles. The first-order chi connectivity index (χ1) is 15.0. The number of hydrogen-bond acceptors (Lipinski definition) is 5. The molecule has 7 nitrogen and oxygen atoms in total. The maximum atomic E-state index is 12.9. The maximum absolute atomic E-state index is 12.9. The molecule has 0 atom stereocenters. The molecular weight excluding hydrogens is 392 g/mol. The van der Waals surface area contributed by atoms with Crippen molar-refractivity contribution in [3.63, 3.8) is 0 Å². The number of amides is 1. The van der Waals surface area contributed by atoms with Crippen LogP contribution in [0.3, 0.4) is 0 Å². The molecule has 0 unspecified atom stereocenters. The number of nitrogens with one attached hydrogen (secondary N) is 1. The number of carbonyl (C=O) groups excluding carboxylic acids is 1. The van der Waals surface area contributed by atoms with Crippen LogP contribution < -0.4 is 15.7 Å². The number of benzene rings is 2. The molecule has 3 rings (SSSR count). The lowest BCUT2D eigenvalue weighted by molar-refractivity contribution is 0.0949. The molecule has 0 saturated carbocycles. The van der Waals surface area contributed by atoms with Crippen molar-refractivity contribution in [1.29, 1.82) is 0 Å². The summed E-state index contributed by atoms with van der Waals surface area (Å²) < 4.78 is 6.96. The molecule has 0 saturated heterocycles. The van der Waals surface area contributed by atoms with Gasteiger partial charge in [0.25, 0.3) is 11.5 Å². The molecule has 0 fully saturated rings. The van der Waals surface area contributed by atoms with Gasteiger partial charge in [-0.25, -0.2) is 10.1 Å². The molecule has 0 bridgehead atoms. The number of carbonyl (C=O) groups is 1. The van der Waals surface area contributed by atoms with E-state index in [0.717, 1.165) is 30.6 Å². The molecule has 31 heavy (non-hydrogen) atoms. The summed E-state index contributed by atoms with van der Waals surface area (Å²) in [6.07, 6.45) is 2.68. The van der Waals surface area contributed by atoms with Gasteiger partial charge in [0.2, 0.25) is 0 Å². The van der Waals surface area contributed by atoms with Crippen molar-refractivity contribution in [3.8, 4) is 5.75 Å². The van der Waals surface area contributed by atoms with Crippen molar-refractivity contribution < 1.29 is 9.53 Å². The molecule has 0 aliphatic rings. The van der Waals surface area contributed by atoms with Gasteiger partial charge >= 0.3 is 0 Å². The molecule has 1 N–H and O–H groups in total. The zero-order chi connectivity index (χ0) is 22.2. The number of aryl methyl sites for hydroxylation is 1. The van der Waals surface area contributed by atoms with E-state index in [4.69, 9.17) is 4.74 Å². The van der Waals surface area contributed by atoms with Gasteiger partial charge in [-0.1, -0.05) is 38.5 Å². The fraction of sp³-hybridized carbons (Fsp3) is 0.333. The van der Waals surface area contributed by atoms with E-state index >= 15 is 0 Å². The van der Waals surface area contributed by atoms with E-state index in [1.807, 2.05) is 38.1 Å². The Morgan fingerprint density at radius 3 is 2.45 bits per heavy atom. The number of fused-ring (bicyclic) bond motifs is 1. The van der Waals surface area contributed by atoms with Crippen LogP contribution in [0.4, 0.5) is 0 Å². The van der Waals surface area contributed by atoms with Gasteiger partial charge in [-0.05, 0) is 55.7 Å². The zero-order valence-electron chi connectivity index (χ0n) is 18.2. The average Bonchev–Trinajstić information content (AvgIpc) is 2.81. The van der Waals surface area contributed by atoms with Crippen molar-refractivity contribution in [2.75, 3.05) is 6.61 Å². The van der Waals surface area contributed by atoms with Gasteiger partial charge in [-0.15, -0.1) is 0 Å². The summed E-state index contributed by atoms with van der Waals surface area (Å²) >= 11 is 0. The van der Waals surface area contributed by atoms with Gasteiger partial charge in [0.05, 0.1) is 17.7 Å². The first-order valence-corrected chi connectivity index (χ1v) is 10.6. The highest BCUT2D eigenvalue weighted by Crippen LogP contribution is 2.15. The van der Waals surface area contributed by atoms with Crippen molar-refractivity contribution >= 4 is 22.4 Å². The predicted molar refractivity (Wildman–Crippen MR) is 123 cm³/mol. The number of nitrogens with zero attached hydrogens (tertiary/aromatic N) is 3. The molecule has 0 spiro atoms. The molecule has 7 heteroatoms. The largest absolute Gasteiger partial charge is 0.494 e. The van der Waals surface area contributed by atoms with Crippen LogP contribution in [0.5, 0.6) is 5.75 Å². The van der Waals surface area contributed by atoms with Gasteiger partial charge in [0.1, 0.15) is 5.75 Å². The summed E-state index contributed by atoms with van der Waals surface area (Å²) in [6, 6.07) is 14.6. The summed E-state index contributed by atoms with van der Waals surface area (Å²) in [5.74, 6) is 0.344. The Morgan fingerprint density at radius 1 is 1.06 bits per heavy atom. The van der Waals surface area contributed by atoms with Gasteiger partial charge in [-0.2, -0.15) is 10.2 Å². The summed E-state index contributed by atoms with van der Waals surface area (Å²) in [7, 11) is 0. The van der Waals surface area contributed by atoms with E-state index in [1.165, 1.54) is 4.68 Å². The van der Waals surface area contributed by atoms with Crippen molar-refractivity contribution in [1.82, 2.24) is 15.2 Å². The van der Waals surface area contributed by atoms with Crippen molar-refractivity contribution in [2.24, 2.45) is 5.10 Å². The highest BCUT2D eigenvalue weighted by molar-refractivity contribution is 6.06.